The Hall–Kier alpha value is -0.130. The molecule has 0 heterocycles. The van der Waals surface area contributed by atoms with Crippen LogP contribution in [0.2, 0.25) is 0 Å². The Morgan fingerprint density at radius 2 is 1.81 bits per heavy atom. The van der Waals surface area contributed by atoms with Crippen molar-refractivity contribution in [1.29, 1.82) is 0 Å². The molecular formula is C11H26N2O2S. The molecule has 0 aliphatic carbocycles. The second-order valence-corrected chi connectivity index (χ2v) is 8.40. The molecule has 4 nitrogen and oxygen atoms in total. The van der Waals surface area contributed by atoms with Crippen LogP contribution in [-0.2, 0) is 9.84 Å². The summed E-state index contributed by atoms with van der Waals surface area (Å²) >= 11 is 0. The van der Waals surface area contributed by atoms with E-state index < -0.39 is 14.6 Å². The van der Waals surface area contributed by atoms with E-state index in [1.165, 1.54) is 0 Å². The molecule has 0 rings (SSSR count). The van der Waals surface area contributed by atoms with Gasteiger partial charge in [-0.15, -0.1) is 0 Å². The van der Waals surface area contributed by atoms with E-state index >= 15 is 0 Å². The predicted octanol–water partition coefficient (Wildman–Crippen LogP) is 0.726. The fraction of sp³-hybridized carbons (Fsp3) is 1.00. The SMILES string of the molecule is CC(CN)CN(C)CCS(=O)(=O)C(C)(C)C. The Labute approximate surface area is 100 Å². The van der Waals surface area contributed by atoms with Crippen LogP contribution < -0.4 is 5.73 Å². The molecule has 0 saturated heterocycles. The van der Waals surface area contributed by atoms with E-state index in [4.69, 9.17) is 5.73 Å². The molecule has 0 bridgehead atoms. The maximum absolute atomic E-state index is 11.9. The number of nitrogens with zero attached hydrogens (tertiary/aromatic N) is 1. The summed E-state index contributed by atoms with van der Waals surface area (Å²) in [6, 6.07) is 0. The van der Waals surface area contributed by atoms with E-state index in [9.17, 15) is 8.42 Å². The summed E-state index contributed by atoms with van der Waals surface area (Å²) in [7, 11) is -1.07. The number of rotatable bonds is 6. The molecule has 0 aromatic carbocycles. The van der Waals surface area contributed by atoms with Crippen LogP contribution in [0.15, 0.2) is 0 Å². The first-order valence-electron chi connectivity index (χ1n) is 5.71. The van der Waals surface area contributed by atoms with Crippen molar-refractivity contribution in [3.05, 3.63) is 0 Å². The van der Waals surface area contributed by atoms with Crippen molar-refractivity contribution in [3.63, 3.8) is 0 Å². The van der Waals surface area contributed by atoms with E-state index in [1.54, 1.807) is 20.8 Å². The molecule has 0 aromatic rings. The Bertz CT molecular complexity index is 294. The summed E-state index contributed by atoms with van der Waals surface area (Å²) in [4.78, 5) is 2.03. The van der Waals surface area contributed by atoms with Gasteiger partial charge in [-0.05, 0) is 40.3 Å². The molecule has 5 heteroatoms. The molecule has 16 heavy (non-hydrogen) atoms. The molecular weight excluding hydrogens is 224 g/mol. The zero-order valence-electron chi connectivity index (χ0n) is 11.2. The van der Waals surface area contributed by atoms with E-state index in [0.717, 1.165) is 6.54 Å². The van der Waals surface area contributed by atoms with Gasteiger partial charge in [0.2, 0.25) is 0 Å². The van der Waals surface area contributed by atoms with Gasteiger partial charge in [-0.25, -0.2) is 8.42 Å². The van der Waals surface area contributed by atoms with Gasteiger partial charge >= 0.3 is 0 Å². The standard InChI is InChI=1S/C11H26N2O2S/c1-10(8-12)9-13(5)6-7-16(14,15)11(2,3)4/h10H,6-9,12H2,1-5H3. The van der Waals surface area contributed by atoms with Crippen molar-refractivity contribution in [3.8, 4) is 0 Å². The van der Waals surface area contributed by atoms with Gasteiger partial charge in [0, 0.05) is 13.1 Å². The molecule has 1 atom stereocenters. The third-order valence-electron chi connectivity index (χ3n) is 2.70. The summed E-state index contributed by atoms with van der Waals surface area (Å²) in [6.45, 7) is 9.34. The van der Waals surface area contributed by atoms with Crippen LogP contribution in [0, 0.1) is 5.92 Å². The summed E-state index contributed by atoms with van der Waals surface area (Å²) in [5.41, 5.74) is 5.53. The second-order valence-electron chi connectivity index (χ2n) is 5.53. The fourth-order valence-electron chi connectivity index (χ4n) is 1.28. The summed E-state index contributed by atoms with van der Waals surface area (Å²) in [6.07, 6.45) is 0. The summed E-state index contributed by atoms with van der Waals surface area (Å²) in [5, 5.41) is 0. The third-order valence-corrected chi connectivity index (χ3v) is 5.29. The van der Waals surface area contributed by atoms with Crippen molar-refractivity contribution in [2.24, 2.45) is 11.7 Å². The Kier molecular flexibility index (Phi) is 5.93. The highest BCUT2D eigenvalue weighted by Gasteiger charge is 2.28. The lowest BCUT2D eigenvalue weighted by Crippen LogP contribution is -2.37. The highest BCUT2D eigenvalue weighted by atomic mass is 32.2. The minimum atomic E-state index is -3.01. The molecule has 0 amide bonds. The van der Waals surface area contributed by atoms with Crippen LogP contribution in [0.5, 0.6) is 0 Å². The zero-order chi connectivity index (χ0) is 13.0. The van der Waals surface area contributed by atoms with E-state index in [-0.39, 0.29) is 5.75 Å². The molecule has 98 valence electrons. The van der Waals surface area contributed by atoms with Crippen molar-refractivity contribution in [2.45, 2.75) is 32.4 Å². The summed E-state index contributed by atoms with van der Waals surface area (Å²) in [5.74, 6) is 0.618. The van der Waals surface area contributed by atoms with E-state index in [2.05, 4.69) is 6.92 Å². The summed E-state index contributed by atoms with van der Waals surface area (Å²) < 4.78 is 23.1. The van der Waals surface area contributed by atoms with Crippen molar-refractivity contribution in [2.75, 3.05) is 32.4 Å². The minimum absolute atomic E-state index is 0.213. The van der Waals surface area contributed by atoms with Gasteiger partial charge in [0.25, 0.3) is 0 Å². The first-order chi connectivity index (χ1) is 7.10. The molecule has 0 aromatic heterocycles. The topological polar surface area (TPSA) is 63.4 Å². The minimum Gasteiger partial charge on any atom is -0.330 e. The highest BCUT2D eigenvalue weighted by Crippen LogP contribution is 2.15. The lowest BCUT2D eigenvalue weighted by Gasteiger charge is -2.23. The largest absolute Gasteiger partial charge is 0.330 e. The van der Waals surface area contributed by atoms with Crippen LogP contribution in [0.25, 0.3) is 0 Å². The smallest absolute Gasteiger partial charge is 0.156 e. The fourth-order valence-corrected chi connectivity index (χ4v) is 2.44. The van der Waals surface area contributed by atoms with Gasteiger partial charge in [-0.3, -0.25) is 0 Å². The van der Waals surface area contributed by atoms with Crippen LogP contribution in [0.4, 0.5) is 0 Å². The van der Waals surface area contributed by atoms with Crippen molar-refractivity contribution in [1.82, 2.24) is 4.90 Å². The lowest BCUT2D eigenvalue weighted by molar-refractivity contribution is 0.303. The highest BCUT2D eigenvalue weighted by molar-refractivity contribution is 7.92. The Balaban J connectivity index is 4.16. The first-order valence-corrected chi connectivity index (χ1v) is 7.36. The van der Waals surface area contributed by atoms with Gasteiger partial charge in [0.05, 0.1) is 10.5 Å². The second kappa shape index (κ2) is 5.98. The molecule has 2 N–H and O–H groups in total. The molecule has 0 radical (unpaired) electrons. The molecule has 0 aliphatic rings. The molecule has 0 aliphatic heterocycles. The van der Waals surface area contributed by atoms with Gasteiger partial charge in [0.15, 0.2) is 9.84 Å². The van der Waals surface area contributed by atoms with Crippen LogP contribution >= 0.6 is 0 Å². The monoisotopic (exact) mass is 250 g/mol. The van der Waals surface area contributed by atoms with Crippen molar-refractivity contribution < 1.29 is 8.42 Å². The average molecular weight is 250 g/mol. The van der Waals surface area contributed by atoms with Gasteiger partial charge < -0.3 is 10.6 Å². The Morgan fingerprint density at radius 3 is 2.19 bits per heavy atom. The molecule has 0 spiro atoms. The van der Waals surface area contributed by atoms with Gasteiger partial charge in [-0.2, -0.15) is 0 Å². The number of sulfone groups is 1. The molecule has 0 saturated carbocycles. The quantitative estimate of drug-likeness (QED) is 0.755. The number of hydrogen-bond acceptors (Lipinski definition) is 4. The predicted molar refractivity (Wildman–Crippen MR) is 69.3 cm³/mol. The maximum Gasteiger partial charge on any atom is 0.156 e. The van der Waals surface area contributed by atoms with Crippen LogP contribution in [-0.4, -0.2) is 50.5 Å². The molecule has 0 fully saturated rings. The number of hydrogen-bond donors (Lipinski definition) is 1. The van der Waals surface area contributed by atoms with E-state index in [1.807, 2.05) is 11.9 Å². The normalized spacial score (nSPS) is 15.4. The van der Waals surface area contributed by atoms with Gasteiger partial charge in [-0.1, -0.05) is 6.92 Å². The number of nitrogens with two attached hydrogens (primary N) is 1. The zero-order valence-corrected chi connectivity index (χ0v) is 12.0. The third kappa shape index (κ3) is 5.27. The molecule has 1 unspecified atom stereocenters. The average Bonchev–Trinajstić information content (AvgIpc) is 2.13. The van der Waals surface area contributed by atoms with E-state index in [0.29, 0.717) is 19.0 Å². The van der Waals surface area contributed by atoms with Crippen LogP contribution in [0.1, 0.15) is 27.7 Å². The Morgan fingerprint density at radius 1 is 1.31 bits per heavy atom. The lowest BCUT2D eigenvalue weighted by atomic mass is 10.2. The van der Waals surface area contributed by atoms with Crippen molar-refractivity contribution >= 4 is 9.84 Å². The van der Waals surface area contributed by atoms with Crippen LogP contribution in [0.3, 0.4) is 0 Å². The maximum atomic E-state index is 11.9. The first kappa shape index (κ1) is 15.9. The van der Waals surface area contributed by atoms with Gasteiger partial charge in [0.1, 0.15) is 0 Å².